The molecule has 0 unspecified atom stereocenters. The van der Waals surface area contributed by atoms with Crippen LogP contribution >= 0.6 is 11.6 Å². The molecule has 2 aromatic rings. The monoisotopic (exact) mass is 286 g/mol. The van der Waals surface area contributed by atoms with E-state index in [9.17, 15) is 0 Å². The quantitative estimate of drug-likeness (QED) is 0.929. The molecule has 0 aromatic heterocycles. The number of hydrogen-bond donors (Lipinski definition) is 1. The van der Waals surface area contributed by atoms with Gasteiger partial charge >= 0.3 is 0 Å². The number of hydrogen-bond acceptors (Lipinski definition) is 3. The van der Waals surface area contributed by atoms with Gasteiger partial charge < -0.3 is 10.1 Å². The first kappa shape index (κ1) is 13.0. The van der Waals surface area contributed by atoms with E-state index in [1.54, 1.807) is 0 Å². The molecule has 3 rings (SSSR count). The van der Waals surface area contributed by atoms with Crippen LogP contribution in [0.1, 0.15) is 12.0 Å². The van der Waals surface area contributed by atoms with Crippen LogP contribution < -0.4 is 10.1 Å². The Bertz CT molecular complexity index is 640. The first-order valence-electron chi connectivity index (χ1n) is 6.65. The van der Waals surface area contributed by atoms with Gasteiger partial charge in [-0.05, 0) is 30.7 Å². The second-order valence-electron chi connectivity index (χ2n) is 4.54. The van der Waals surface area contributed by atoms with Crippen molar-refractivity contribution in [2.45, 2.75) is 6.42 Å². The van der Waals surface area contributed by atoms with E-state index in [4.69, 9.17) is 16.3 Å². The van der Waals surface area contributed by atoms with E-state index in [2.05, 4.69) is 10.3 Å². The van der Waals surface area contributed by atoms with Crippen molar-refractivity contribution in [3.63, 3.8) is 0 Å². The zero-order valence-corrected chi connectivity index (χ0v) is 11.7. The van der Waals surface area contributed by atoms with E-state index in [-0.39, 0.29) is 0 Å². The van der Waals surface area contributed by atoms with Crippen LogP contribution in [0.5, 0.6) is 11.5 Å². The van der Waals surface area contributed by atoms with Crippen LogP contribution in [0.4, 0.5) is 0 Å². The number of benzene rings is 2. The van der Waals surface area contributed by atoms with Crippen LogP contribution in [0.15, 0.2) is 53.5 Å². The molecule has 102 valence electrons. The molecule has 0 amide bonds. The molecule has 3 nitrogen and oxygen atoms in total. The fourth-order valence-corrected chi connectivity index (χ4v) is 2.28. The Labute approximate surface area is 123 Å². The van der Waals surface area contributed by atoms with E-state index in [0.29, 0.717) is 10.8 Å². The summed E-state index contributed by atoms with van der Waals surface area (Å²) < 4.78 is 5.94. The van der Waals surface area contributed by atoms with Crippen molar-refractivity contribution in [1.82, 2.24) is 5.32 Å². The Morgan fingerprint density at radius 3 is 2.50 bits per heavy atom. The van der Waals surface area contributed by atoms with Gasteiger partial charge in [-0.3, -0.25) is 4.99 Å². The molecule has 2 aromatic carbocycles. The molecule has 0 bridgehead atoms. The molecule has 0 spiro atoms. The summed E-state index contributed by atoms with van der Waals surface area (Å²) in [6.07, 6.45) is 1.07. The van der Waals surface area contributed by atoms with Crippen LogP contribution in [0.2, 0.25) is 5.02 Å². The first-order chi connectivity index (χ1) is 9.84. The van der Waals surface area contributed by atoms with Crippen molar-refractivity contribution in [3.8, 4) is 11.5 Å². The minimum Gasteiger partial charge on any atom is -0.455 e. The number of ether oxygens (including phenoxy) is 1. The van der Waals surface area contributed by atoms with Crippen LogP contribution in [0, 0.1) is 0 Å². The molecule has 1 aliphatic rings. The van der Waals surface area contributed by atoms with Gasteiger partial charge in [-0.2, -0.15) is 0 Å². The highest BCUT2D eigenvalue weighted by atomic mass is 35.5. The highest BCUT2D eigenvalue weighted by molar-refractivity contribution is 6.32. The number of nitrogens with one attached hydrogen (secondary N) is 1. The lowest BCUT2D eigenvalue weighted by Crippen LogP contribution is -2.30. The summed E-state index contributed by atoms with van der Waals surface area (Å²) in [6, 6.07) is 15.3. The van der Waals surface area contributed by atoms with Crippen molar-refractivity contribution >= 4 is 17.4 Å². The first-order valence-corrected chi connectivity index (χ1v) is 7.02. The maximum atomic E-state index is 6.14. The topological polar surface area (TPSA) is 33.6 Å². The lowest BCUT2D eigenvalue weighted by atomic mass is 10.1. The van der Waals surface area contributed by atoms with Gasteiger partial charge in [0.15, 0.2) is 0 Å². The summed E-state index contributed by atoms with van der Waals surface area (Å²) in [6.45, 7) is 1.79. The second kappa shape index (κ2) is 5.97. The normalized spacial score (nSPS) is 14.3. The predicted molar refractivity (Wildman–Crippen MR) is 82.0 cm³/mol. The summed E-state index contributed by atoms with van der Waals surface area (Å²) in [7, 11) is 0. The fourth-order valence-electron chi connectivity index (χ4n) is 2.11. The smallest absolute Gasteiger partial charge is 0.146 e. The number of amidine groups is 1. The number of para-hydroxylation sites is 2. The highest BCUT2D eigenvalue weighted by Crippen LogP contribution is 2.31. The number of aliphatic imine (C=N–C) groups is 1. The Kier molecular flexibility index (Phi) is 3.88. The average molecular weight is 287 g/mol. The van der Waals surface area contributed by atoms with E-state index in [0.717, 1.165) is 36.7 Å². The lowest BCUT2D eigenvalue weighted by Gasteiger charge is -2.17. The third kappa shape index (κ3) is 2.78. The lowest BCUT2D eigenvalue weighted by molar-refractivity contribution is 0.481. The summed E-state index contributed by atoms with van der Waals surface area (Å²) in [5.74, 6) is 2.30. The van der Waals surface area contributed by atoms with Crippen LogP contribution in [0.3, 0.4) is 0 Å². The van der Waals surface area contributed by atoms with Gasteiger partial charge in [-0.25, -0.2) is 0 Å². The maximum Gasteiger partial charge on any atom is 0.146 e. The predicted octanol–water partition coefficient (Wildman–Crippen LogP) is 3.87. The van der Waals surface area contributed by atoms with E-state index >= 15 is 0 Å². The van der Waals surface area contributed by atoms with Crippen molar-refractivity contribution in [1.29, 1.82) is 0 Å². The molecule has 0 saturated heterocycles. The molecule has 1 N–H and O–H groups in total. The van der Waals surface area contributed by atoms with Gasteiger partial charge in [-0.15, -0.1) is 0 Å². The molecule has 1 aliphatic heterocycles. The zero-order valence-electron chi connectivity index (χ0n) is 11.0. The van der Waals surface area contributed by atoms with Crippen molar-refractivity contribution in [2.24, 2.45) is 4.99 Å². The Balaban J connectivity index is 1.94. The van der Waals surface area contributed by atoms with E-state index in [1.807, 2.05) is 48.5 Å². The van der Waals surface area contributed by atoms with E-state index < -0.39 is 0 Å². The Hall–Kier alpha value is -2.00. The largest absolute Gasteiger partial charge is 0.455 e. The van der Waals surface area contributed by atoms with Gasteiger partial charge in [0.1, 0.15) is 17.3 Å². The van der Waals surface area contributed by atoms with Crippen LogP contribution in [0.25, 0.3) is 0 Å². The number of nitrogens with zero attached hydrogens (tertiary/aromatic N) is 1. The van der Waals surface area contributed by atoms with Gasteiger partial charge in [0.25, 0.3) is 0 Å². The fraction of sp³-hybridized carbons (Fsp3) is 0.188. The standard InChI is InChI=1S/C16H15ClN2O/c17-13-7-2-4-9-15(13)20-14-8-3-1-6-12(14)16-18-10-5-11-19-16/h1-4,6-9H,5,10-11H2,(H,18,19). The molecule has 1 heterocycles. The second-order valence-corrected chi connectivity index (χ2v) is 4.95. The highest BCUT2D eigenvalue weighted by Gasteiger charge is 2.13. The Morgan fingerprint density at radius 2 is 1.75 bits per heavy atom. The number of halogens is 1. The third-order valence-electron chi connectivity index (χ3n) is 3.10. The third-order valence-corrected chi connectivity index (χ3v) is 3.41. The molecule has 0 atom stereocenters. The summed E-state index contributed by atoms with van der Waals surface area (Å²) in [5.41, 5.74) is 0.965. The molecular weight excluding hydrogens is 272 g/mol. The van der Waals surface area contributed by atoms with Gasteiger partial charge in [0.2, 0.25) is 0 Å². The average Bonchev–Trinajstić information content (AvgIpc) is 2.51. The molecule has 0 fully saturated rings. The van der Waals surface area contributed by atoms with Gasteiger partial charge in [-0.1, -0.05) is 35.9 Å². The van der Waals surface area contributed by atoms with Crippen LogP contribution in [-0.2, 0) is 0 Å². The minimum atomic E-state index is 0.598. The summed E-state index contributed by atoms with van der Waals surface area (Å²) in [4.78, 5) is 4.52. The molecule has 0 saturated carbocycles. The Morgan fingerprint density at radius 1 is 1.00 bits per heavy atom. The van der Waals surface area contributed by atoms with Crippen molar-refractivity contribution in [3.05, 3.63) is 59.1 Å². The minimum absolute atomic E-state index is 0.598. The van der Waals surface area contributed by atoms with Gasteiger partial charge in [0, 0.05) is 13.1 Å². The molecule has 4 heteroatoms. The molecular formula is C16H15ClN2O. The SMILES string of the molecule is Clc1ccccc1Oc1ccccc1C1=NCCCN1. The summed E-state index contributed by atoms with van der Waals surface area (Å²) in [5, 5.41) is 3.91. The number of rotatable bonds is 3. The van der Waals surface area contributed by atoms with Crippen LogP contribution in [-0.4, -0.2) is 18.9 Å². The molecule has 0 aliphatic carbocycles. The summed E-state index contributed by atoms with van der Waals surface area (Å²) >= 11 is 6.14. The molecule has 20 heavy (non-hydrogen) atoms. The molecule has 0 radical (unpaired) electrons. The van der Waals surface area contributed by atoms with Gasteiger partial charge in [0.05, 0.1) is 10.6 Å². The van der Waals surface area contributed by atoms with Crippen molar-refractivity contribution in [2.75, 3.05) is 13.1 Å². The zero-order chi connectivity index (χ0) is 13.8. The van der Waals surface area contributed by atoms with E-state index in [1.165, 1.54) is 0 Å². The van der Waals surface area contributed by atoms with Crippen molar-refractivity contribution < 1.29 is 4.74 Å². The maximum absolute atomic E-state index is 6.14.